The summed E-state index contributed by atoms with van der Waals surface area (Å²) in [7, 11) is -3.42. The van der Waals surface area contributed by atoms with Crippen LogP contribution in [0.1, 0.15) is 30.1 Å². The van der Waals surface area contributed by atoms with Crippen molar-refractivity contribution in [3.05, 3.63) is 29.8 Å². The maximum Gasteiger partial charge on any atom is 0.251 e. The lowest BCUT2D eigenvalue weighted by molar-refractivity contribution is 0.0953. The van der Waals surface area contributed by atoms with E-state index in [2.05, 4.69) is 10.0 Å². The normalized spacial score (nSPS) is 11.1. The van der Waals surface area contributed by atoms with Gasteiger partial charge in [0, 0.05) is 23.7 Å². The number of hydrogen-bond donors (Lipinski definition) is 2. The van der Waals surface area contributed by atoms with E-state index in [1.54, 1.807) is 18.2 Å². The minimum Gasteiger partial charge on any atom is -0.352 e. The second-order valence-electron chi connectivity index (χ2n) is 4.30. The Labute approximate surface area is 124 Å². The Bertz CT molecular complexity index is 546. The summed E-state index contributed by atoms with van der Waals surface area (Å²) in [5, 5.41) is 2.74. The summed E-state index contributed by atoms with van der Waals surface area (Å²) in [6, 6.07) is 6.40. The lowest BCUT2D eigenvalue weighted by Gasteiger charge is -2.09. The molecule has 0 aliphatic heterocycles. The smallest absolute Gasteiger partial charge is 0.251 e. The second kappa shape index (κ2) is 8.11. The van der Waals surface area contributed by atoms with Gasteiger partial charge in [0.1, 0.15) is 0 Å². The molecule has 0 spiro atoms. The van der Waals surface area contributed by atoms with Crippen molar-refractivity contribution in [2.75, 3.05) is 22.9 Å². The van der Waals surface area contributed by atoms with Crippen LogP contribution >= 0.6 is 11.6 Å². The topological polar surface area (TPSA) is 75.3 Å². The fourth-order valence-electron chi connectivity index (χ4n) is 1.54. The monoisotopic (exact) mass is 318 g/mol. The molecule has 0 saturated carbocycles. The number of halogens is 1. The summed E-state index contributed by atoms with van der Waals surface area (Å²) in [4.78, 5) is 11.8. The van der Waals surface area contributed by atoms with Crippen molar-refractivity contribution < 1.29 is 13.2 Å². The number of amides is 1. The second-order valence-corrected chi connectivity index (χ2v) is 6.52. The van der Waals surface area contributed by atoms with Gasteiger partial charge in [0.2, 0.25) is 10.0 Å². The average Bonchev–Trinajstić information content (AvgIpc) is 2.42. The predicted octanol–water partition coefficient (Wildman–Crippen LogP) is 2.20. The number of benzene rings is 1. The van der Waals surface area contributed by atoms with Crippen LogP contribution < -0.4 is 10.0 Å². The van der Waals surface area contributed by atoms with Crippen molar-refractivity contribution in [2.45, 2.75) is 19.8 Å². The summed E-state index contributed by atoms with van der Waals surface area (Å²) >= 11 is 5.48. The standard InChI is InChI=1S/C13H19ClN2O3S/c1-2-8-15-13(17)11-5-3-6-12(10-11)16-20(18,19)9-4-7-14/h3,5-6,10,16H,2,4,7-9H2,1H3,(H,15,17). The Balaban J connectivity index is 2.75. The molecule has 5 nitrogen and oxygen atoms in total. The number of carbonyl (C=O) groups is 1. The Morgan fingerprint density at radius 1 is 1.35 bits per heavy atom. The van der Waals surface area contributed by atoms with Gasteiger partial charge in [-0.15, -0.1) is 11.6 Å². The third-order valence-electron chi connectivity index (χ3n) is 2.48. The van der Waals surface area contributed by atoms with E-state index in [0.29, 0.717) is 30.1 Å². The van der Waals surface area contributed by atoms with Gasteiger partial charge in [0.05, 0.1) is 5.75 Å². The molecule has 0 saturated heterocycles. The minimum atomic E-state index is -3.42. The molecule has 0 aliphatic carbocycles. The number of rotatable bonds is 8. The summed E-state index contributed by atoms with van der Waals surface area (Å²) in [5.41, 5.74) is 0.805. The first-order chi connectivity index (χ1) is 9.48. The van der Waals surface area contributed by atoms with Crippen LogP contribution in [0.15, 0.2) is 24.3 Å². The molecule has 112 valence electrons. The summed E-state index contributed by atoms with van der Waals surface area (Å²) in [6.07, 6.45) is 1.23. The Morgan fingerprint density at radius 3 is 2.75 bits per heavy atom. The van der Waals surface area contributed by atoms with E-state index >= 15 is 0 Å². The molecule has 0 atom stereocenters. The fourth-order valence-corrected chi connectivity index (χ4v) is 2.94. The van der Waals surface area contributed by atoms with Crippen LogP contribution in [0.25, 0.3) is 0 Å². The number of carbonyl (C=O) groups excluding carboxylic acids is 1. The first kappa shape index (κ1) is 16.8. The number of alkyl halides is 1. The third-order valence-corrected chi connectivity index (χ3v) is 4.12. The average molecular weight is 319 g/mol. The molecule has 0 aliphatic rings. The van der Waals surface area contributed by atoms with E-state index in [-0.39, 0.29) is 11.7 Å². The quantitative estimate of drug-likeness (QED) is 0.721. The number of hydrogen-bond acceptors (Lipinski definition) is 3. The van der Waals surface area contributed by atoms with Gasteiger partial charge < -0.3 is 5.32 Å². The van der Waals surface area contributed by atoms with Crippen molar-refractivity contribution in [1.82, 2.24) is 5.32 Å². The van der Waals surface area contributed by atoms with Gasteiger partial charge in [-0.2, -0.15) is 0 Å². The molecule has 1 aromatic rings. The van der Waals surface area contributed by atoms with Crippen LogP contribution in [0, 0.1) is 0 Å². The summed E-state index contributed by atoms with van der Waals surface area (Å²) < 4.78 is 25.9. The largest absolute Gasteiger partial charge is 0.352 e. The number of sulfonamides is 1. The minimum absolute atomic E-state index is 0.0389. The van der Waals surface area contributed by atoms with Gasteiger partial charge in [-0.1, -0.05) is 13.0 Å². The molecule has 0 fully saturated rings. The molecule has 0 radical (unpaired) electrons. The van der Waals surface area contributed by atoms with Gasteiger partial charge in [0.15, 0.2) is 0 Å². The first-order valence-corrected chi connectivity index (χ1v) is 8.62. The van der Waals surface area contributed by atoms with E-state index in [9.17, 15) is 13.2 Å². The van der Waals surface area contributed by atoms with Gasteiger partial charge in [-0.05, 0) is 31.0 Å². The van der Waals surface area contributed by atoms with Gasteiger partial charge in [-0.3, -0.25) is 9.52 Å². The summed E-state index contributed by atoms with van der Waals surface area (Å²) in [5.74, 6) is 0.0389. The molecule has 0 unspecified atom stereocenters. The number of anilines is 1. The molecule has 1 rings (SSSR count). The lowest BCUT2D eigenvalue weighted by Crippen LogP contribution is -2.24. The van der Waals surface area contributed by atoms with Crippen LogP contribution in [-0.2, 0) is 10.0 Å². The number of nitrogens with one attached hydrogen (secondary N) is 2. The molecular formula is C13H19ClN2O3S. The highest BCUT2D eigenvalue weighted by molar-refractivity contribution is 7.92. The van der Waals surface area contributed by atoms with Crippen molar-refractivity contribution in [1.29, 1.82) is 0 Å². The van der Waals surface area contributed by atoms with E-state index in [0.717, 1.165) is 6.42 Å². The lowest BCUT2D eigenvalue weighted by atomic mass is 10.2. The van der Waals surface area contributed by atoms with Crippen molar-refractivity contribution in [3.8, 4) is 0 Å². The van der Waals surface area contributed by atoms with Gasteiger partial charge in [-0.25, -0.2) is 8.42 Å². The van der Waals surface area contributed by atoms with Gasteiger partial charge >= 0.3 is 0 Å². The Kier molecular flexibility index (Phi) is 6.81. The van der Waals surface area contributed by atoms with E-state index < -0.39 is 10.0 Å². The van der Waals surface area contributed by atoms with Crippen LogP contribution in [0.4, 0.5) is 5.69 Å². The maximum atomic E-state index is 11.8. The molecule has 7 heteroatoms. The molecule has 2 N–H and O–H groups in total. The van der Waals surface area contributed by atoms with Crippen molar-refractivity contribution in [3.63, 3.8) is 0 Å². The molecule has 0 bridgehead atoms. The van der Waals surface area contributed by atoms with Crippen molar-refractivity contribution in [2.24, 2.45) is 0 Å². The van der Waals surface area contributed by atoms with Crippen LogP contribution in [-0.4, -0.2) is 32.5 Å². The predicted molar refractivity (Wildman–Crippen MR) is 81.8 cm³/mol. The highest BCUT2D eigenvalue weighted by Gasteiger charge is 2.11. The molecular weight excluding hydrogens is 300 g/mol. The first-order valence-electron chi connectivity index (χ1n) is 6.43. The molecule has 1 amide bonds. The van der Waals surface area contributed by atoms with E-state index in [4.69, 9.17) is 11.6 Å². The van der Waals surface area contributed by atoms with Crippen molar-refractivity contribution >= 4 is 33.2 Å². The molecule has 20 heavy (non-hydrogen) atoms. The van der Waals surface area contributed by atoms with Gasteiger partial charge in [0.25, 0.3) is 5.91 Å². The van der Waals surface area contributed by atoms with Crippen LogP contribution in [0.2, 0.25) is 0 Å². The van der Waals surface area contributed by atoms with E-state index in [1.807, 2.05) is 6.92 Å². The molecule has 0 heterocycles. The molecule has 0 aromatic heterocycles. The zero-order valence-corrected chi connectivity index (χ0v) is 12.9. The zero-order valence-electron chi connectivity index (χ0n) is 11.4. The fraction of sp³-hybridized carbons (Fsp3) is 0.462. The van der Waals surface area contributed by atoms with Crippen LogP contribution in [0.3, 0.4) is 0 Å². The third kappa shape index (κ3) is 5.79. The van der Waals surface area contributed by atoms with Crippen LogP contribution in [0.5, 0.6) is 0 Å². The molecule has 1 aromatic carbocycles. The Morgan fingerprint density at radius 2 is 2.10 bits per heavy atom. The Hall–Kier alpha value is -1.27. The highest BCUT2D eigenvalue weighted by atomic mass is 35.5. The summed E-state index contributed by atoms with van der Waals surface area (Å²) in [6.45, 7) is 2.55. The SMILES string of the molecule is CCCNC(=O)c1cccc(NS(=O)(=O)CCCCl)c1. The zero-order chi connectivity index (χ0) is 15.0. The van der Waals surface area contributed by atoms with E-state index in [1.165, 1.54) is 6.07 Å². The highest BCUT2D eigenvalue weighted by Crippen LogP contribution is 2.13. The maximum absolute atomic E-state index is 11.8.